The number of anilines is 1. The maximum atomic E-state index is 5.03. The van der Waals surface area contributed by atoms with Gasteiger partial charge in [-0.2, -0.15) is 0 Å². The van der Waals surface area contributed by atoms with Crippen molar-refractivity contribution < 1.29 is 0 Å². The summed E-state index contributed by atoms with van der Waals surface area (Å²) in [6.45, 7) is 10.1. The van der Waals surface area contributed by atoms with Crippen LogP contribution in [0.3, 0.4) is 0 Å². The first-order chi connectivity index (χ1) is 10.2. The Morgan fingerprint density at radius 1 is 1.29 bits per heavy atom. The zero-order valence-corrected chi connectivity index (χ0v) is 14.5. The zero-order chi connectivity index (χ0) is 14.8. The highest BCUT2D eigenvalue weighted by molar-refractivity contribution is 7.15. The number of hydrogen-bond donors (Lipinski definition) is 1. The normalized spacial score (nSPS) is 19.8. The predicted octanol–water partition coefficient (Wildman–Crippen LogP) is 4.14. The molecule has 1 atom stereocenters. The van der Waals surface area contributed by atoms with Gasteiger partial charge in [-0.3, -0.25) is 0 Å². The van der Waals surface area contributed by atoms with Crippen LogP contribution in [0, 0.1) is 5.92 Å². The van der Waals surface area contributed by atoms with E-state index >= 15 is 0 Å². The molecule has 21 heavy (non-hydrogen) atoms. The number of nitrogens with one attached hydrogen (secondary N) is 1. The second kappa shape index (κ2) is 6.66. The minimum Gasteiger partial charge on any atom is -0.348 e. The summed E-state index contributed by atoms with van der Waals surface area (Å²) in [5.41, 5.74) is 1.41. The van der Waals surface area contributed by atoms with Crippen molar-refractivity contribution in [1.82, 2.24) is 10.3 Å². The molecule has 0 aliphatic heterocycles. The minimum atomic E-state index is 0.742. The largest absolute Gasteiger partial charge is 0.348 e. The van der Waals surface area contributed by atoms with Gasteiger partial charge in [0.05, 0.1) is 5.69 Å². The minimum absolute atomic E-state index is 0.742. The number of aromatic nitrogens is 1. The van der Waals surface area contributed by atoms with E-state index < -0.39 is 0 Å². The van der Waals surface area contributed by atoms with E-state index in [-0.39, 0.29) is 0 Å². The summed E-state index contributed by atoms with van der Waals surface area (Å²) >= 11 is 1.94. The molecule has 4 heteroatoms. The summed E-state index contributed by atoms with van der Waals surface area (Å²) < 4.78 is 0. The van der Waals surface area contributed by atoms with E-state index in [0.717, 1.165) is 37.5 Å². The molecule has 0 spiro atoms. The molecule has 1 heterocycles. The van der Waals surface area contributed by atoms with E-state index in [0.29, 0.717) is 0 Å². The Hall–Kier alpha value is -0.610. The number of thiazole rings is 1. The van der Waals surface area contributed by atoms with Crippen molar-refractivity contribution >= 4 is 16.5 Å². The van der Waals surface area contributed by atoms with Crippen molar-refractivity contribution in [1.29, 1.82) is 0 Å². The standard InChI is InChI=1S/C17H29N3S/c1-4-12(3)11-20(5-2)17-19-16(13-6-7-13)15(21-17)10-18-14-8-9-14/h12-14,18H,4-11H2,1-3H3. The van der Waals surface area contributed by atoms with Gasteiger partial charge in [-0.05, 0) is 38.5 Å². The van der Waals surface area contributed by atoms with Gasteiger partial charge in [0.1, 0.15) is 0 Å². The number of hydrogen-bond acceptors (Lipinski definition) is 4. The molecule has 0 amide bonds. The first kappa shape index (κ1) is 15.3. The molecule has 1 aromatic rings. The highest BCUT2D eigenvalue weighted by Gasteiger charge is 2.31. The third-order valence-corrected chi connectivity index (χ3v) is 5.82. The molecule has 2 fully saturated rings. The maximum Gasteiger partial charge on any atom is 0.185 e. The Morgan fingerprint density at radius 2 is 2.05 bits per heavy atom. The molecule has 2 saturated carbocycles. The summed E-state index contributed by atoms with van der Waals surface area (Å²) in [6, 6.07) is 0.782. The molecule has 1 N–H and O–H groups in total. The van der Waals surface area contributed by atoms with E-state index in [1.54, 1.807) is 0 Å². The summed E-state index contributed by atoms with van der Waals surface area (Å²) in [6.07, 6.45) is 6.65. The van der Waals surface area contributed by atoms with E-state index in [9.17, 15) is 0 Å². The van der Waals surface area contributed by atoms with Crippen molar-refractivity contribution in [3.8, 4) is 0 Å². The lowest BCUT2D eigenvalue weighted by Crippen LogP contribution is -2.27. The fourth-order valence-corrected chi connectivity index (χ4v) is 3.83. The highest BCUT2D eigenvalue weighted by Crippen LogP contribution is 2.44. The quantitative estimate of drug-likeness (QED) is 0.743. The summed E-state index contributed by atoms with van der Waals surface area (Å²) in [4.78, 5) is 9.01. The van der Waals surface area contributed by atoms with Gasteiger partial charge in [-0.25, -0.2) is 4.98 Å². The fourth-order valence-electron chi connectivity index (χ4n) is 2.66. The maximum absolute atomic E-state index is 5.03. The Bertz CT molecular complexity index is 463. The van der Waals surface area contributed by atoms with Gasteiger partial charge in [0.15, 0.2) is 5.13 Å². The van der Waals surface area contributed by atoms with Crippen LogP contribution in [0.4, 0.5) is 5.13 Å². The van der Waals surface area contributed by atoms with E-state index in [2.05, 4.69) is 31.0 Å². The van der Waals surface area contributed by atoms with Crippen LogP contribution in [0.5, 0.6) is 0 Å². The van der Waals surface area contributed by atoms with Crippen LogP contribution >= 0.6 is 11.3 Å². The second-order valence-electron chi connectivity index (χ2n) is 6.79. The molecule has 2 aliphatic rings. The van der Waals surface area contributed by atoms with Crippen LogP contribution < -0.4 is 10.2 Å². The Kier molecular flexibility index (Phi) is 4.85. The molecular weight excluding hydrogens is 278 g/mol. The molecule has 3 nitrogen and oxygen atoms in total. The first-order valence-corrected chi connectivity index (χ1v) is 9.50. The molecule has 3 rings (SSSR count). The fraction of sp³-hybridized carbons (Fsp3) is 0.824. The second-order valence-corrected chi connectivity index (χ2v) is 7.85. The smallest absolute Gasteiger partial charge is 0.185 e. The molecule has 0 aromatic carbocycles. The van der Waals surface area contributed by atoms with E-state index in [1.165, 1.54) is 47.8 Å². The molecule has 0 radical (unpaired) electrons. The van der Waals surface area contributed by atoms with Gasteiger partial charge in [0.25, 0.3) is 0 Å². The lowest BCUT2D eigenvalue weighted by atomic mass is 10.1. The predicted molar refractivity (Wildman–Crippen MR) is 91.3 cm³/mol. The monoisotopic (exact) mass is 307 g/mol. The summed E-state index contributed by atoms with van der Waals surface area (Å²) in [5, 5.41) is 4.93. The molecule has 2 aliphatic carbocycles. The topological polar surface area (TPSA) is 28.2 Å². The van der Waals surface area contributed by atoms with Crippen molar-refractivity contribution in [3.63, 3.8) is 0 Å². The average molecular weight is 308 g/mol. The van der Waals surface area contributed by atoms with Crippen molar-refractivity contribution in [2.45, 2.75) is 71.4 Å². The van der Waals surface area contributed by atoms with Crippen molar-refractivity contribution in [2.24, 2.45) is 5.92 Å². The third-order valence-electron chi connectivity index (χ3n) is 4.69. The van der Waals surface area contributed by atoms with Crippen LogP contribution in [-0.4, -0.2) is 24.1 Å². The zero-order valence-electron chi connectivity index (χ0n) is 13.7. The van der Waals surface area contributed by atoms with Gasteiger partial charge < -0.3 is 10.2 Å². The van der Waals surface area contributed by atoms with E-state index in [4.69, 9.17) is 4.98 Å². The van der Waals surface area contributed by atoms with Gasteiger partial charge in [0, 0.05) is 36.5 Å². The van der Waals surface area contributed by atoms with Gasteiger partial charge in [-0.15, -0.1) is 11.3 Å². The lowest BCUT2D eigenvalue weighted by molar-refractivity contribution is 0.547. The number of nitrogens with zero attached hydrogens (tertiary/aromatic N) is 2. The van der Waals surface area contributed by atoms with Gasteiger partial charge in [0.2, 0.25) is 0 Å². The number of rotatable bonds is 9. The third kappa shape index (κ3) is 3.98. The van der Waals surface area contributed by atoms with Crippen molar-refractivity contribution in [2.75, 3.05) is 18.0 Å². The van der Waals surface area contributed by atoms with Gasteiger partial charge >= 0.3 is 0 Å². The van der Waals surface area contributed by atoms with Crippen LogP contribution in [0.25, 0.3) is 0 Å². The van der Waals surface area contributed by atoms with Crippen molar-refractivity contribution in [3.05, 3.63) is 10.6 Å². The van der Waals surface area contributed by atoms with Crippen LogP contribution in [-0.2, 0) is 6.54 Å². The van der Waals surface area contributed by atoms with Crippen LogP contribution in [0.2, 0.25) is 0 Å². The SMILES string of the molecule is CCC(C)CN(CC)c1nc(C2CC2)c(CNC2CC2)s1. The first-order valence-electron chi connectivity index (χ1n) is 8.69. The molecule has 0 saturated heterocycles. The Morgan fingerprint density at radius 3 is 2.62 bits per heavy atom. The van der Waals surface area contributed by atoms with Crippen LogP contribution in [0.15, 0.2) is 0 Å². The highest BCUT2D eigenvalue weighted by atomic mass is 32.1. The molecule has 1 aromatic heterocycles. The molecular formula is C17H29N3S. The molecule has 1 unspecified atom stereocenters. The summed E-state index contributed by atoms with van der Waals surface area (Å²) in [5.74, 6) is 1.50. The van der Waals surface area contributed by atoms with E-state index in [1.807, 2.05) is 11.3 Å². The van der Waals surface area contributed by atoms with Gasteiger partial charge in [-0.1, -0.05) is 20.3 Å². The lowest BCUT2D eigenvalue weighted by Gasteiger charge is -2.23. The average Bonchev–Trinajstić information content (AvgIpc) is 3.41. The Balaban J connectivity index is 1.72. The van der Waals surface area contributed by atoms with Crippen LogP contribution in [0.1, 0.15) is 69.4 Å². The molecule has 118 valence electrons. The Labute approximate surface area is 133 Å². The summed E-state index contributed by atoms with van der Waals surface area (Å²) in [7, 11) is 0. The molecule has 0 bridgehead atoms.